The number of rotatable bonds is 3. The predicted octanol–water partition coefficient (Wildman–Crippen LogP) is 1.54. The number of nitrogens with zero attached hydrogens (tertiary/aromatic N) is 3. The van der Waals surface area contributed by atoms with Gasteiger partial charge in [-0.05, 0) is 18.2 Å². The van der Waals surface area contributed by atoms with Crippen molar-refractivity contribution in [1.82, 2.24) is 8.96 Å². The third-order valence-corrected chi connectivity index (χ3v) is 4.91. The van der Waals surface area contributed by atoms with Crippen LogP contribution in [0.2, 0.25) is 0 Å². The van der Waals surface area contributed by atoms with Crippen molar-refractivity contribution in [2.45, 2.75) is 4.90 Å². The van der Waals surface area contributed by atoms with Gasteiger partial charge in [-0.15, -0.1) is 0 Å². The van der Waals surface area contributed by atoms with Crippen LogP contribution in [0.1, 0.15) is 0 Å². The molecule has 0 aliphatic rings. The van der Waals surface area contributed by atoms with Crippen LogP contribution in [0.3, 0.4) is 0 Å². The molecule has 0 atom stereocenters. The molecule has 3 aromatic rings. The SMILES string of the molecule is O=c1cnc2cc([N+](=O)[O-])ccc2n1S(=O)(=O)c1ccccc1. The molecule has 0 fully saturated rings. The van der Waals surface area contributed by atoms with Crippen LogP contribution < -0.4 is 5.56 Å². The van der Waals surface area contributed by atoms with Crippen molar-refractivity contribution in [2.24, 2.45) is 0 Å². The molecule has 3 rings (SSSR count). The maximum Gasteiger partial charge on any atom is 0.283 e. The van der Waals surface area contributed by atoms with Crippen molar-refractivity contribution < 1.29 is 13.3 Å². The van der Waals surface area contributed by atoms with Crippen molar-refractivity contribution in [3.8, 4) is 0 Å². The lowest BCUT2D eigenvalue weighted by molar-refractivity contribution is -0.384. The topological polar surface area (TPSA) is 112 Å². The maximum absolute atomic E-state index is 12.7. The van der Waals surface area contributed by atoms with Gasteiger partial charge in [0.15, 0.2) is 0 Å². The Hall–Kier alpha value is -3.07. The van der Waals surface area contributed by atoms with Gasteiger partial charge < -0.3 is 0 Å². The zero-order valence-corrected chi connectivity index (χ0v) is 12.3. The monoisotopic (exact) mass is 331 g/mol. The van der Waals surface area contributed by atoms with E-state index in [2.05, 4.69) is 4.98 Å². The van der Waals surface area contributed by atoms with Crippen molar-refractivity contribution in [2.75, 3.05) is 0 Å². The number of hydrogen-bond donors (Lipinski definition) is 0. The molecule has 0 aliphatic carbocycles. The van der Waals surface area contributed by atoms with Gasteiger partial charge in [0.1, 0.15) is 0 Å². The predicted molar refractivity (Wildman–Crippen MR) is 81.7 cm³/mol. The highest BCUT2D eigenvalue weighted by atomic mass is 32.2. The molecular weight excluding hydrogens is 322 g/mol. The fourth-order valence-corrected chi connectivity index (χ4v) is 3.55. The smallest absolute Gasteiger partial charge is 0.266 e. The van der Waals surface area contributed by atoms with E-state index in [1.54, 1.807) is 6.07 Å². The van der Waals surface area contributed by atoms with Crippen LogP contribution in [0.4, 0.5) is 5.69 Å². The van der Waals surface area contributed by atoms with E-state index in [9.17, 15) is 23.3 Å². The Balaban J connectivity index is 2.36. The number of aromatic nitrogens is 2. The minimum absolute atomic E-state index is 0.0213. The Kier molecular flexibility index (Phi) is 3.41. The first-order valence-corrected chi connectivity index (χ1v) is 7.82. The molecule has 8 nitrogen and oxygen atoms in total. The van der Waals surface area contributed by atoms with Crippen LogP contribution in [-0.4, -0.2) is 22.3 Å². The second kappa shape index (κ2) is 5.29. The molecule has 0 unspecified atom stereocenters. The molecule has 0 aliphatic heterocycles. The molecular formula is C14H9N3O5S. The lowest BCUT2D eigenvalue weighted by Gasteiger charge is -2.10. The number of nitro groups is 1. The molecule has 0 radical (unpaired) electrons. The fraction of sp³-hybridized carbons (Fsp3) is 0. The Morgan fingerprint density at radius 2 is 1.78 bits per heavy atom. The van der Waals surface area contributed by atoms with Gasteiger partial charge in [0.05, 0.1) is 27.0 Å². The Labute approximate surface area is 129 Å². The summed E-state index contributed by atoms with van der Waals surface area (Å²) >= 11 is 0. The first kappa shape index (κ1) is 14.9. The highest BCUT2D eigenvalue weighted by Gasteiger charge is 2.22. The summed E-state index contributed by atoms with van der Waals surface area (Å²) in [4.78, 5) is 26.0. The second-order valence-corrected chi connectivity index (χ2v) is 6.40. The first-order chi connectivity index (χ1) is 10.9. The van der Waals surface area contributed by atoms with E-state index in [1.165, 1.54) is 30.3 Å². The summed E-state index contributed by atoms with van der Waals surface area (Å²) in [7, 11) is -4.14. The van der Waals surface area contributed by atoms with Crippen LogP contribution >= 0.6 is 0 Å². The van der Waals surface area contributed by atoms with Crippen LogP contribution in [-0.2, 0) is 10.0 Å². The lowest BCUT2D eigenvalue weighted by Crippen LogP contribution is -2.27. The van der Waals surface area contributed by atoms with Gasteiger partial charge in [0.2, 0.25) is 0 Å². The third-order valence-electron chi connectivity index (χ3n) is 3.18. The van der Waals surface area contributed by atoms with E-state index >= 15 is 0 Å². The summed E-state index contributed by atoms with van der Waals surface area (Å²) in [6.45, 7) is 0. The number of non-ortho nitro benzene ring substituents is 1. The molecule has 1 heterocycles. The van der Waals surface area contributed by atoms with Crippen molar-refractivity contribution >= 4 is 26.7 Å². The zero-order chi connectivity index (χ0) is 16.6. The highest BCUT2D eigenvalue weighted by Crippen LogP contribution is 2.21. The van der Waals surface area contributed by atoms with Crippen molar-refractivity contribution in [3.63, 3.8) is 0 Å². The third kappa shape index (κ3) is 2.46. The Morgan fingerprint density at radius 1 is 1.09 bits per heavy atom. The fourth-order valence-electron chi connectivity index (χ4n) is 2.14. The standard InChI is InChI=1S/C14H9N3O5S/c18-14-9-15-12-8-10(17(19)20)6-7-13(12)16(14)23(21,22)11-4-2-1-3-5-11/h1-9H. The normalized spacial score (nSPS) is 11.5. The molecule has 23 heavy (non-hydrogen) atoms. The van der Waals surface area contributed by atoms with E-state index in [0.717, 1.165) is 18.3 Å². The van der Waals surface area contributed by atoms with E-state index in [0.29, 0.717) is 3.97 Å². The van der Waals surface area contributed by atoms with Gasteiger partial charge in [-0.25, -0.2) is 13.4 Å². The molecule has 9 heteroatoms. The Morgan fingerprint density at radius 3 is 2.43 bits per heavy atom. The quantitative estimate of drug-likeness (QED) is 0.531. The first-order valence-electron chi connectivity index (χ1n) is 6.38. The van der Waals surface area contributed by atoms with Gasteiger partial charge in [0.25, 0.3) is 21.3 Å². The van der Waals surface area contributed by atoms with Crippen LogP contribution in [0.25, 0.3) is 11.0 Å². The van der Waals surface area contributed by atoms with Gasteiger partial charge in [-0.3, -0.25) is 14.9 Å². The van der Waals surface area contributed by atoms with Crippen molar-refractivity contribution in [3.05, 3.63) is 75.2 Å². The molecule has 0 bridgehead atoms. The molecule has 0 saturated heterocycles. The van der Waals surface area contributed by atoms with E-state index in [-0.39, 0.29) is 21.6 Å². The summed E-state index contributed by atoms with van der Waals surface area (Å²) in [6, 6.07) is 10.9. The summed E-state index contributed by atoms with van der Waals surface area (Å²) in [5.74, 6) is 0. The Bertz CT molecular complexity index is 1070. The van der Waals surface area contributed by atoms with E-state index < -0.39 is 20.5 Å². The number of nitro benzene ring substituents is 1. The minimum atomic E-state index is -4.14. The molecule has 0 spiro atoms. The average molecular weight is 331 g/mol. The molecule has 0 amide bonds. The molecule has 116 valence electrons. The van der Waals surface area contributed by atoms with Crippen LogP contribution in [0.5, 0.6) is 0 Å². The molecule has 0 N–H and O–H groups in total. The van der Waals surface area contributed by atoms with Gasteiger partial charge in [-0.1, -0.05) is 18.2 Å². The van der Waals surface area contributed by atoms with E-state index in [4.69, 9.17) is 0 Å². The number of fused-ring (bicyclic) bond motifs is 1. The molecule has 1 aromatic heterocycles. The minimum Gasteiger partial charge on any atom is -0.266 e. The average Bonchev–Trinajstić information content (AvgIpc) is 2.54. The van der Waals surface area contributed by atoms with Gasteiger partial charge in [0, 0.05) is 12.1 Å². The van der Waals surface area contributed by atoms with Gasteiger partial charge >= 0.3 is 0 Å². The molecule has 2 aromatic carbocycles. The lowest BCUT2D eigenvalue weighted by atomic mass is 10.2. The second-order valence-electron chi connectivity index (χ2n) is 4.61. The summed E-state index contributed by atoms with van der Waals surface area (Å²) in [5.41, 5.74) is -1.06. The molecule has 0 saturated carbocycles. The van der Waals surface area contributed by atoms with E-state index in [1.807, 2.05) is 0 Å². The van der Waals surface area contributed by atoms with Crippen LogP contribution in [0.15, 0.2) is 64.4 Å². The van der Waals surface area contributed by atoms with Crippen molar-refractivity contribution in [1.29, 1.82) is 0 Å². The largest absolute Gasteiger partial charge is 0.283 e. The zero-order valence-electron chi connectivity index (χ0n) is 11.5. The van der Waals surface area contributed by atoms with Gasteiger partial charge in [-0.2, -0.15) is 3.97 Å². The highest BCUT2D eigenvalue weighted by molar-refractivity contribution is 7.90. The summed E-state index contributed by atoms with van der Waals surface area (Å²) < 4.78 is 26.0. The summed E-state index contributed by atoms with van der Waals surface area (Å²) in [5, 5.41) is 10.8. The number of benzene rings is 2. The number of hydrogen-bond acceptors (Lipinski definition) is 6. The maximum atomic E-state index is 12.7. The summed E-state index contributed by atoms with van der Waals surface area (Å²) in [6.07, 6.45) is 0.826. The van der Waals surface area contributed by atoms with Crippen LogP contribution in [0, 0.1) is 10.1 Å².